The largest absolute Gasteiger partial charge is 0.298 e. The molecule has 3 N–H and O–H groups in total. The number of hydrogen-bond donors (Lipinski definition) is 2. The normalized spacial score (nSPS) is 19.6. The van der Waals surface area contributed by atoms with Crippen LogP contribution in [-0.2, 0) is 18.4 Å². The first kappa shape index (κ1) is 7.42. The van der Waals surface area contributed by atoms with E-state index in [1.165, 1.54) is 0 Å². The summed E-state index contributed by atoms with van der Waals surface area (Å²) in [7, 11) is -3.53. The van der Waals surface area contributed by atoms with Crippen LogP contribution in [0.1, 0.15) is 0 Å². The van der Waals surface area contributed by atoms with E-state index in [9.17, 15) is 4.21 Å². The maximum atomic E-state index is 10.2. The van der Waals surface area contributed by atoms with E-state index in [1.807, 2.05) is 0 Å². The molecule has 0 amide bonds. The van der Waals surface area contributed by atoms with Crippen LogP contribution < -0.4 is 5.14 Å². The van der Waals surface area contributed by atoms with Gasteiger partial charge in [0.15, 0.2) is 8.96 Å². The molecule has 0 aliphatic carbocycles. The molecule has 3 nitrogen and oxygen atoms in total. The summed E-state index contributed by atoms with van der Waals surface area (Å²) in [5.74, 6) is 0. The van der Waals surface area contributed by atoms with Crippen LogP contribution in [0.2, 0.25) is 0 Å². The second-order valence-electron chi connectivity index (χ2n) is 1.26. The average molecular weight is 143 g/mol. The smallest absolute Gasteiger partial charge is 0.164 e. The molecule has 0 saturated heterocycles. The van der Waals surface area contributed by atoms with E-state index in [0.717, 1.165) is 0 Å². The summed E-state index contributed by atoms with van der Waals surface area (Å²) in [6, 6.07) is 0. The fourth-order valence-electron chi connectivity index (χ4n) is 0. The van der Waals surface area contributed by atoms with Crippen molar-refractivity contribution >= 4 is 18.4 Å². The zero-order chi connectivity index (χ0) is 6.08. The van der Waals surface area contributed by atoms with Crippen LogP contribution in [0.3, 0.4) is 0 Å². The zero-order valence-corrected chi connectivity index (χ0v) is 5.88. The Morgan fingerprint density at radius 3 is 1.86 bits per heavy atom. The fourth-order valence-corrected chi connectivity index (χ4v) is 0. The highest BCUT2D eigenvalue weighted by Crippen LogP contribution is 1.76. The molecular weight excluding hydrogens is 134 g/mol. The lowest BCUT2D eigenvalue weighted by molar-refractivity contribution is 0.563. The van der Waals surface area contributed by atoms with Gasteiger partial charge >= 0.3 is 0 Å². The van der Waals surface area contributed by atoms with Gasteiger partial charge in [0.2, 0.25) is 0 Å². The number of nitrogens with two attached hydrogens (primary N) is 1. The third-order valence-electron chi connectivity index (χ3n) is 0.478. The molecule has 1 unspecified atom stereocenters. The molecule has 7 heavy (non-hydrogen) atoms. The van der Waals surface area contributed by atoms with Crippen LogP contribution in [0.5, 0.6) is 0 Å². The number of rotatable bonds is 0. The lowest BCUT2D eigenvalue weighted by Crippen LogP contribution is -2.15. The third-order valence-corrected chi connectivity index (χ3v) is 4.30. The predicted octanol–water partition coefficient (Wildman–Crippen LogP) is -0.590. The van der Waals surface area contributed by atoms with Crippen LogP contribution >= 0.6 is 0 Å². The van der Waals surface area contributed by atoms with Crippen molar-refractivity contribution in [3.63, 3.8) is 0 Å². The summed E-state index contributed by atoms with van der Waals surface area (Å²) >= 11 is 0. The summed E-state index contributed by atoms with van der Waals surface area (Å²) < 4.78 is 18.6. The Balaban J connectivity index is 4.67. The van der Waals surface area contributed by atoms with E-state index < -0.39 is 18.4 Å². The minimum atomic E-state index is -2.96. The van der Waals surface area contributed by atoms with Crippen LogP contribution in [0.15, 0.2) is 0 Å². The fraction of sp³-hybridized carbons (Fsp3) is 1.00. The summed E-state index contributed by atoms with van der Waals surface area (Å²) in [6.45, 7) is 0. The summed E-state index contributed by atoms with van der Waals surface area (Å²) in [5.41, 5.74) is 0. The van der Waals surface area contributed by atoms with Gasteiger partial charge in [-0.05, 0) is 12.5 Å². The van der Waals surface area contributed by atoms with Gasteiger partial charge in [0.25, 0.3) is 0 Å². The van der Waals surface area contributed by atoms with E-state index in [1.54, 1.807) is 12.5 Å². The summed E-state index contributed by atoms with van der Waals surface area (Å²) in [6.07, 6.45) is 3.25. The second-order valence-corrected chi connectivity index (χ2v) is 7.20. The van der Waals surface area contributed by atoms with E-state index in [4.69, 9.17) is 9.69 Å². The number of hydrogen-bond acceptors (Lipinski definition) is 1. The van der Waals surface area contributed by atoms with Gasteiger partial charge in [-0.15, -0.1) is 9.45 Å². The van der Waals surface area contributed by atoms with Crippen LogP contribution in [0.4, 0.5) is 0 Å². The van der Waals surface area contributed by atoms with E-state index in [2.05, 4.69) is 0 Å². The molecule has 0 rings (SSSR count). The van der Waals surface area contributed by atoms with Gasteiger partial charge in [0.1, 0.15) is 0 Å². The van der Waals surface area contributed by atoms with Crippen molar-refractivity contribution in [2.75, 3.05) is 12.5 Å². The molecule has 0 aromatic heterocycles. The molecule has 5 heteroatoms. The van der Waals surface area contributed by atoms with Crippen molar-refractivity contribution < 1.29 is 8.76 Å². The molecule has 0 radical (unpaired) electrons. The molecule has 1 atom stereocenters. The van der Waals surface area contributed by atoms with Crippen molar-refractivity contribution in [3.8, 4) is 0 Å². The van der Waals surface area contributed by atoms with Crippen molar-refractivity contribution in [1.82, 2.24) is 0 Å². The van der Waals surface area contributed by atoms with Crippen molar-refractivity contribution in [1.29, 1.82) is 0 Å². The molecule has 0 bridgehead atoms. The molecule has 0 aliphatic heterocycles. The summed E-state index contributed by atoms with van der Waals surface area (Å²) in [5, 5.41) is 4.77. The van der Waals surface area contributed by atoms with E-state index >= 15 is 0 Å². The summed E-state index contributed by atoms with van der Waals surface area (Å²) in [4.78, 5) is 0. The molecule has 0 saturated carbocycles. The van der Waals surface area contributed by atoms with Gasteiger partial charge in [-0.25, -0.2) is 9.35 Å². The minimum Gasteiger partial charge on any atom is -0.298 e. The molecule has 0 spiro atoms. The Morgan fingerprint density at radius 2 is 1.86 bits per heavy atom. The second kappa shape index (κ2) is 2.13. The van der Waals surface area contributed by atoms with Gasteiger partial charge < -0.3 is 0 Å². The Bertz CT molecular complexity index is 155. The van der Waals surface area contributed by atoms with Crippen molar-refractivity contribution in [3.05, 3.63) is 0 Å². The van der Waals surface area contributed by atoms with Gasteiger partial charge in [-0.1, -0.05) is 0 Å². The van der Waals surface area contributed by atoms with Crippen LogP contribution in [0, 0.1) is 0 Å². The SMILES string of the molecule is CS(C)=S(N)(=O)O. The average Bonchev–Trinajstić information content (AvgIpc) is 1.31. The zero-order valence-electron chi connectivity index (χ0n) is 4.25. The van der Waals surface area contributed by atoms with Crippen molar-refractivity contribution in [2.24, 2.45) is 5.14 Å². The standard InChI is InChI=1S/C2H9NO2S2/c1-6(2)7(3,4)5/h1-2H3,(H3,3,4,5). The third kappa shape index (κ3) is 3.04. The van der Waals surface area contributed by atoms with Gasteiger partial charge in [-0.3, -0.25) is 4.55 Å². The predicted molar refractivity (Wildman–Crippen MR) is 34.2 cm³/mol. The van der Waals surface area contributed by atoms with Crippen molar-refractivity contribution in [2.45, 2.75) is 0 Å². The van der Waals surface area contributed by atoms with Crippen LogP contribution in [0.25, 0.3) is 0 Å². The Morgan fingerprint density at radius 1 is 1.71 bits per heavy atom. The maximum Gasteiger partial charge on any atom is 0.164 e. The van der Waals surface area contributed by atoms with Crippen LogP contribution in [-0.4, -0.2) is 21.3 Å². The Hall–Kier alpha value is 0.420. The minimum absolute atomic E-state index is 0.572. The molecule has 0 heterocycles. The monoisotopic (exact) mass is 143 g/mol. The topological polar surface area (TPSA) is 63.3 Å². The maximum absolute atomic E-state index is 10.2. The first-order valence-corrected chi connectivity index (χ1v) is 5.70. The molecule has 0 aromatic carbocycles. The molecule has 0 aliphatic rings. The van der Waals surface area contributed by atoms with E-state index in [0.29, 0.717) is 0 Å². The highest BCUT2D eigenvalue weighted by Gasteiger charge is 1.88. The lowest BCUT2D eigenvalue weighted by atomic mass is 11.9. The highest BCUT2D eigenvalue weighted by atomic mass is 32.9. The lowest BCUT2D eigenvalue weighted by Gasteiger charge is -1.94. The van der Waals surface area contributed by atoms with Gasteiger partial charge in [0.05, 0.1) is 0 Å². The quantitative estimate of drug-likeness (QED) is 0.476. The highest BCUT2D eigenvalue weighted by molar-refractivity contribution is 8.43. The van der Waals surface area contributed by atoms with E-state index in [-0.39, 0.29) is 0 Å². The molecule has 46 valence electrons. The Labute approximate surface area is 45.5 Å². The molecular formula is C2H9NO2S2. The first-order chi connectivity index (χ1) is 2.94. The van der Waals surface area contributed by atoms with Gasteiger partial charge in [0, 0.05) is 0 Å². The molecule has 0 aromatic rings. The van der Waals surface area contributed by atoms with Gasteiger partial charge in [-0.2, -0.15) is 0 Å². The molecule has 0 fully saturated rings. The first-order valence-electron chi connectivity index (χ1n) is 1.57. The Kier molecular flexibility index (Phi) is 2.25.